The van der Waals surface area contributed by atoms with Crippen molar-refractivity contribution in [3.63, 3.8) is 0 Å². The van der Waals surface area contributed by atoms with Crippen LogP contribution in [0.2, 0.25) is 0 Å². The Morgan fingerprint density at radius 3 is 2.07 bits per heavy atom. The molecule has 0 radical (unpaired) electrons. The smallest absolute Gasteiger partial charge is 0.414 e. The average molecular weight is 406 g/mol. The number of aliphatic hydroxyl groups is 1. The molecule has 0 aliphatic carbocycles. The summed E-state index contributed by atoms with van der Waals surface area (Å²) in [7, 11) is 0. The second-order valence-electron chi connectivity index (χ2n) is 7.26. The Morgan fingerprint density at radius 1 is 0.967 bits per heavy atom. The minimum Gasteiger partial charge on any atom is -0.441 e. The molecule has 3 aromatic rings. The van der Waals surface area contributed by atoms with Crippen LogP contribution in [-0.4, -0.2) is 30.5 Å². The fourth-order valence-electron chi connectivity index (χ4n) is 3.58. The number of halogens is 1. The molecule has 5 nitrogen and oxygen atoms in total. The van der Waals surface area contributed by atoms with Crippen molar-refractivity contribution < 1.29 is 19.0 Å². The fourth-order valence-corrected chi connectivity index (χ4v) is 3.58. The van der Waals surface area contributed by atoms with E-state index < -0.39 is 18.0 Å². The molecule has 0 bridgehead atoms. The number of carbonyl (C=O) groups is 1. The zero-order valence-electron chi connectivity index (χ0n) is 16.4. The molecular formula is C24H23FN2O3. The topological polar surface area (TPSA) is 53.0 Å². The van der Waals surface area contributed by atoms with E-state index in [0.29, 0.717) is 24.5 Å². The zero-order chi connectivity index (χ0) is 20.9. The Balaban J connectivity index is 1.62. The largest absolute Gasteiger partial charge is 0.441 e. The monoisotopic (exact) mass is 406 g/mol. The van der Waals surface area contributed by atoms with Crippen molar-refractivity contribution in [3.8, 4) is 0 Å². The normalized spacial score (nSPS) is 15.9. The molecule has 4 rings (SSSR count). The summed E-state index contributed by atoms with van der Waals surface area (Å²) in [6.45, 7) is 1.03. The van der Waals surface area contributed by atoms with Gasteiger partial charge < -0.3 is 14.7 Å². The highest BCUT2D eigenvalue weighted by Crippen LogP contribution is 2.29. The van der Waals surface area contributed by atoms with E-state index in [1.165, 1.54) is 11.0 Å². The molecule has 1 aliphatic heterocycles. The molecule has 154 valence electrons. The van der Waals surface area contributed by atoms with Gasteiger partial charge in [0.25, 0.3) is 0 Å². The average Bonchev–Trinajstić information content (AvgIpc) is 3.15. The summed E-state index contributed by atoms with van der Waals surface area (Å²) in [4.78, 5) is 15.3. The van der Waals surface area contributed by atoms with E-state index in [1.807, 2.05) is 65.6 Å². The quantitative estimate of drug-likeness (QED) is 0.634. The lowest BCUT2D eigenvalue weighted by molar-refractivity contribution is 0.0963. The SMILES string of the molecule is O=C1O[C@@H](CO)CN1c1ccc(N(Cc2ccccc2)Cc2ccccc2)c(F)c1. The molecule has 1 fully saturated rings. The van der Waals surface area contributed by atoms with Gasteiger partial charge in [-0.15, -0.1) is 0 Å². The second kappa shape index (κ2) is 8.97. The first-order valence-corrected chi connectivity index (χ1v) is 9.85. The van der Waals surface area contributed by atoms with Gasteiger partial charge in [0.2, 0.25) is 0 Å². The van der Waals surface area contributed by atoms with Gasteiger partial charge in [-0.05, 0) is 29.3 Å². The number of hydrogen-bond acceptors (Lipinski definition) is 4. The van der Waals surface area contributed by atoms with Gasteiger partial charge in [0, 0.05) is 13.1 Å². The zero-order valence-corrected chi connectivity index (χ0v) is 16.4. The Labute approximate surface area is 174 Å². The molecule has 0 spiro atoms. The van der Waals surface area contributed by atoms with Gasteiger partial charge in [0.15, 0.2) is 0 Å². The Hall–Kier alpha value is -3.38. The molecular weight excluding hydrogens is 383 g/mol. The predicted octanol–water partition coefficient (Wildman–Crippen LogP) is 4.35. The summed E-state index contributed by atoms with van der Waals surface area (Å²) in [6, 6.07) is 24.6. The lowest BCUT2D eigenvalue weighted by Crippen LogP contribution is -2.26. The molecule has 1 atom stereocenters. The van der Waals surface area contributed by atoms with E-state index >= 15 is 4.39 Å². The third kappa shape index (κ3) is 4.44. The predicted molar refractivity (Wildman–Crippen MR) is 114 cm³/mol. The van der Waals surface area contributed by atoms with Crippen LogP contribution in [-0.2, 0) is 17.8 Å². The standard InChI is InChI=1S/C24H23FN2O3/c25-22-13-20(27-16-21(17-28)30-24(27)29)11-12-23(22)26(14-18-7-3-1-4-8-18)15-19-9-5-2-6-10-19/h1-13,21,28H,14-17H2/t21-/m1/s1. The van der Waals surface area contributed by atoms with Crippen LogP contribution in [0.15, 0.2) is 78.9 Å². The molecule has 0 unspecified atom stereocenters. The number of nitrogens with zero attached hydrogens (tertiary/aromatic N) is 2. The molecule has 0 aromatic heterocycles. The van der Waals surface area contributed by atoms with E-state index in [-0.39, 0.29) is 13.2 Å². The number of aliphatic hydroxyl groups excluding tert-OH is 1. The molecule has 1 heterocycles. The van der Waals surface area contributed by atoms with E-state index in [2.05, 4.69) is 0 Å². The third-order valence-corrected chi connectivity index (χ3v) is 5.09. The molecule has 1 saturated heterocycles. The van der Waals surface area contributed by atoms with Crippen LogP contribution in [0.5, 0.6) is 0 Å². The van der Waals surface area contributed by atoms with E-state index in [0.717, 1.165) is 11.1 Å². The van der Waals surface area contributed by atoms with Crippen LogP contribution < -0.4 is 9.80 Å². The van der Waals surface area contributed by atoms with Crippen LogP contribution in [0.25, 0.3) is 0 Å². The summed E-state index contributed by atoms with van der Waals surface area (Å²) in [5, 5.41) is 9.22. The number of anilines is 2. The molecule has 30 heavy (non-hydrogen) atoms. The molecule has 1 aliphatic rings. The van der Waals surface area contributed by atoms with E-state index in [1.54, 1.807) is 12.1 Å². The molecule has 3 aromatic carbocycles. The Kier molecular flexibility index (Phi) is 5.95. The maximum Gasteiger partial charge on any atom is 0.414 e. The number of cyclic esters (lactones) is 1. The number of benzene rings is 3. The number of amides is 1. The summed E-state index contributed by atoms with van der Waals surface area (Å²) >= 11 is 0. The highest BCUT2D eigenvalue weighted by Gasteiger charge is 2.32. The minimum atomic E-state index is -0.590. The third-order valence-electron chi connectivity index (χ3n) is 5.09. The van der Waals surface area contributed by atoms with Crippen LogP contribution in [0.1, 0.15) is 11.1 Å². The van der Waals surface area contributed by atoms with Crippen molar-refractivity contribution in [3.05, 3.63) is 95.8 Å². The van der Waals surface area contributed by atoms with Gasteiger partial charge in [-0.3, -0.25) is 4.90 Å². The second-order valence-corrected chi connectivity index (χ2v) is 7.26. The first-order valence-electron chi connectivity index (χ1n) is 9.85. The van der Waals surface area contributed by atoms with Crippen molar-refractivity contribution in [2.45, 2.75) is 19.2 Å². The maximum absolute atomic E-state index is 15.2. The minimum absolute atomic E-state index is 0.200. The highest BCUT2D eigenvalue weighted by atomic mass is 19.1. The first-order chi connectivity index (χ1) is 14.6. The van der Waals surface area contributed by atoms with Crippen LogP contribution in [0.3, 0.4) is 0 Å². The van der Waals surface area contributed by atoms with Crippen molar-refractivity contribution in [2.24, 2.45) is 0 Å². The van der Waals surface area contributed by atoms with Crippen LogP contribution in [0.4, 0.5) is 20.6 Å². The lowest BCUT2D eigenvalue weighted by atomic mass is 10.1. The number of rotatable bonds is 7. The van der Waals surface area contributed by atoms with Crippen molar-refractivity contribution in [2.75, 3.05) is 23.0 Å². The maximum atomic E-state index is 15.2. The van der Waals surface area contributed by atoms with Crippen molar-refractivity contribution >= 4 is 17.5 Å². The van der Waals surface area contributed by atoms with E-state index in [9.17, 15) is 9.90 Å². The van der Waals surface area contributed by atoms with Gasteiger partial charge in [0.1, 0.15) is 11.9 Å². The van der Waals surface area contributed by atoms with Crippen LogP contribution >= 0.6 is 0 Å². The van der Waals surface area contributed by atoms with Crippen molar-refractivity contribution in [1.82, 2.24) is 0 Å². The summed E-state index contributed by atoms with van der Waals surface area (Å²) in [6.07, 6.45) is -1.17. The molecule has 1 amide bonds. The lowest BCUT2D eigenvalue weighted by Gasteiger charge is -2.26. The van der Waals surface area contributed by atoms with Gasteiger partial charge in [-0.2, -0.15) is 0 Å². The summed E-state index contributed by atoms with van der Waals surface area (Å²) in [5.74, 6) is -0.417. The first kappa shape index (κ1) is 19.9. The van der Waals surface area contributed by atoms with E-state index in [4.69, 9.17) is 4.74 Å². The fraction of sp³-hybridized carbons (Fsp3) is 0.208. The summed E-state index contributed by atoms with van der Waals surface area (Å²) in [5.41, 5.74) is 3.02. The number of carbonyl (C=O) groups excluding carboxylic acids is 1. The van der Waals surface area contributed by atoms with Gasteiger partial charge in [-0.1, -0.05) is 60.7 Å². The van der Waals surface area contributed by atoms with Gasteiger partial charge in [-0.25, -0.2) is 9.18 Å². The molecule has 0 saturated carbocycles. The van der Waals surface area contributed by atoms with Gasteiger partial charge in [0.05, 0.1) is 24.5 Å². The Morgan fingerprint density at radius 2 is 1.57 bits per heavy atom. The number of hydrogen-bond donors (Lipinski definition) is 1. The van der Waals surface area contributed by atoms with Crippen molar-refractivity contribution in [1.29, 1.82) is 0 Å². The number of ether oxygens (including phenoxy) is 1. The highest BCUT2D eigenvalue weighted by molar-refractivity contribution is 5.90. The van der Waals surface area contributed by atoms with Gasteiger partial charge >= 0.3 is 6.09 Å². The summed E-state index contributed by atoms with van der Waals surface area (Å²) < 4.78 is 20.3. The molecule has 1 N–H and O–H groups in total. The Bertz CT molecular complexity index is 956. The molecule has 6 heteroatoms. The van der Waals surface area contributed by atoms with Crippen LogP contribution in [0, 0.1) is 5.82 Å².